The fourth-order valence-electron chi connectivity index (χ4n) is 2.60. The molecular formula is C17H31IN6O3. The monoisotopic (exact) mass is 494 g/mol. The largest absolute Gasteiger partial charge is 0.450 e. The molecule has 0 atom stereocenters. The Kier molecular flexibility index (Phi) is 10.4. The van der Waals surface area contributed by atoms with Crippen LogP contribution in [0.2, 0.25) is 0 Å². The van der Waals surface area contributed by atoms with Crippen LogP contribution in [0.5, 0.6) is 0 Å². The number of aromatic nitrogens is 2. The highest BCUT2D eigenvalue weighted by atomic mass is 127. The normalized spacial score (nSPS) is 14.9. The number of rotatable bonds is 6. The Bertz CT molecular complexity index is 599. The summed E-state index contributed by atoms with van der Waals surface area (Å²) < 4.78 is 10.3. The van der Waals surface area contributed by atoms with E-state index in [1.165, 1.54) is 0 Å². The fourth-order valence-corrected chi connectivity index (χ4v) is 2.60. The molecule has 1 amide bonds. The van der Waals surface area contributed by atoms with Crippen molar-refractivity contribution < 1.29 is 14.1 Å². The number of halogens is 1. The van der Waals surface area contributed by atoms with Gasteiger partial charge in [0.15, 0.2) is 11.8 Å². The standard InChI is InChI=1S/C17H30N6O3.HI/c1-5-18-16(19-8-7-14-20-15(13(3)4)21-26-14)22-9-11-23(12-10-22)17(24)25-6-2;/h13H,5-12H2,1-4H3,(H,18,19);1H. The van der Waals surface area contributed by atoms with Crippen molar-refractivity contribution in [3.63, 3.8) is 0 Å². The highest BCUT2D eigenvalue weighted by Crippen LogP contribution is 2.10. The average Bonchev–Trinajstić information content (AvgIpc) is 3.11. The molecule has 0 spiro atoms. The van der Waals surface area contributed by atoms with Crippen LogP contribution in [-0.2, 0) is 11.2 Å². The summed E-state index contributed by atoms with van der Waals surface area (Å²) in [5.41, 5.74) is 0. The van der Waals surface area contributed by atoms with Gasteiger partial charge in [0.2, 0.25) is 5.89 Å². The van der Waals surface area contributed by atoms with Crippen LogP contribution < -0.4 is 5.32 Å². The SMILES string of the molecule is CCNC(=NCCc1nc(C(C)C)no1)N1CCN(C(=O)OCC)CC1.I. The number of hydrogen-bond acceptors (Lipinski definition) is 6. The zero-order valence-corrected chi connectivity index (χ0v) is 18.9. The van der Waals surface area contributed by atoms with Crippen molar-refractivity contribution >= 4 is 36.0 Å². The first-order chi connectivity index (χ1) is 12.5. The number of aliphatic imine (C=N–C) groups is 1. The van der Waals surface area contributed by atoms with Crippen molar-refractivity contribution in [3.8, 4) is 0 Å². The lowest BCUT2D eigenvalue weighted by Gasteiger charge is -2.35. The van der Waals surface area contributed by atoms with E-state index in [9.17, 15) is 4.79 Å². The molecule has 2 rings (SSSR count). The first kappa shape index (κ1) is 23.4. The molecule has 0 aliphatic carbocycles. The van der Waals surface area contributed by atoms with Crippen molar-refractivity contribution in [3.05, 3.63) is 11.7 Å². The molecule has 2 heterocycles. The van der Waals surface area contributed by atoms with Crippen molar-refractivity contribution in [2.75, 3.05) is 45.9 Å². The average molecular weight is 494 g/mol. The van der Waals surface area contributed by atoms with Gasteiger partial charge in [-0.25, -0.2) is 4.79 Å². The molecule has 1 N–H and O–H groups in total. The Morgan fingerprint density at radius 2 is 1.93 bits per heavy atom. The molecule has 27 heavy (non-hydrogen) atoms. The van der Waals surface area contributed by atoms with Gasteiger partial charge < -0.3 is 24.4 Å². The molecule has 10 heteroatoms. The molecule has 1 aromatic rings. The predicted molar refractivity (Wildman–Crippen MR) is 114 cm³/mol. The van der Waals surface area contributed by atoms with Crippen molar-refractivity contribution in [1.82, 2.24) is 25.3 Å². The van der Waals surface area contributed by atoms with Gasteiger partial charge >= 0.3 is 6.09 Å². The lowest BCUT2D eigenvalue weighted by molar-refractivity contribution is 0.0914. The van der Waals surface area contributed by atoms with Gasteiger partial charge in [-0.15, -0.1) is 24.0 Å². The number of piperazine rings is 1. The first-order valence-electron chi connectivity index (χ1n) is 9.32. The predicted octanol–water partition coefficient (Wildman–Crippen LogP) is 2.09. The van der Waals surface area contributed by atoms with E-state index in [0.29, 0.717) is 38.6 Å². The van der Waals surface area contributed by atoms with Gasteiger partial charge in [0, 0.05) is 45.1 Å². The molecule has 0 bridgehead atoms. The summed E-state index contributed by atoms with van der Waals surface area (Å²) in [5, 5.41) is 7.28. The van der Waals surface area contributed by atoms with E-state index in [1.54, 1.807) is 4.90 Å². The lowest BCUT2D eigenvalue weighted by atomic mass is 10.2. The zero-order valence-electron chi connectivity index (χ0n) is 16.6. The summed E-state index contributed by atoms with van der Waals surface area (Å²) >= 11 is 0. The maximum absolute atomic E-state index is 11.8. The van der Waals surface area contributed by atoms with Gasteiger partial charge in [-0.05, 0) is 13.8 Å². The molecule has 9 nitrogen and oxygen atoms in total. The minimum absolute atomic E-state index is 0. The van der Waals surface area contributed by atoms with Crippen LogP contribution in [0.25, 0.3) is 0 Å². The van der Waals surface area contributed by atoms with Gasteiger partial charge in [0.25, 0.3) is 0 Å². The molecule has 1 aromatic heterocycles. The Morgan fingerprint density at radius 1 is 1.26 bits per heavy atom. The third kappa shape index (κ3) is 7.15. The summed E-state index contributed by atoms with van der Waals surface area (Å²) in [5.74, 6) is 2.44. The lowest BCUT2D eigenvalue weighted by Crippen LogP contribution is -2.54. The second-order valence-electron chi connectivity index (χ2n) is 6.36. The molecule has 1 fully saturated rings. The second-order valence-corrected chi connectivity index (χ2v) is 6.36. The maximum Gasteiger partial charge on any atom is 0.409 e. The van der Waals surface area contributed by atoms with Crippen LogP contribution in [0, 0.1) is 0 Å². The van der Waals surface area contributed by atoms with Gasteiger partial charge in [-0.1, -0.05) is 19.0 Å². The molecule has 1 aliphatic rings. The molecule has 1 saturated heterocycles. The number of hydrogen-bond donors (Lipinski definition) is 1. The molecule has 0 aromatic carbocycles. The Morgan fingerprint density at radius 3 is 2.48 bits per heavy atom. The maximum atomic E-state index is 11.8. The number of amides is 1. The van der Waals surface area contributed by atoms with E-state index >= 15 is 0 Å². The van der Waals surface area contributed by atoms with E-state index in [0.717, 1.165) is 31.4 Å². The molecule has 0 saturated carbocycles. The van der Waals surface area contributed by atoms with Crippen LogP contribution in [-0.4, -0.2) is 77.9 Å². The number of ether oxygens (including phenoxy) is 1. The van der Waals surface area contributed by atoms with E-state index in [2.05, 4.69) is 25.3 Å². The van der Waals surface area contributed by atoms with Crippen molar-refractivity contribution in [1.29, 1.82) is 0 Å². The van der Waals surface area contributed by atoms with Gasteiger partial charge in [-0.2, -0.15) is 4.98 Å². The van der Waals surface area contributed by atoms with Crippen LogP contribution in [0.15, 0.2) is 9.52 Å². The second kappa shape index (κ2) is 12.0. The number of nitrogens with one attached hydrogen (secondary N) is 1. The van der Waals surface area contributed by atoms with Gasteiger partial charge in [-0.3, -0.25) is 4.99 Å². The van der Waals surface area contributed by atoms with Crippen LogP contribution in [0.4, 0.5) is 4.79 Å². The van der Waals surface area contributed by atoms with E-state index < -0.39 is 0 Å². The summed E-state index contributed by atoms with van der Waals surface area (Å²) in [7, 11) is 0. The summed E-state index contributed by atoms with van der Waals surface area (Å²) in [6, 6.07) is 0. The third-order valence-corrected chi connectivity index (χ3v) is 4.03. The minimum Gasteiger partial charge on any atom is -0.450 e. The highest BCUT2D eigenvalue weighted by Gasteiger charge is 2.23. The molecule has 0 radical (unpaired) electrons. The van der Waals surface area contributed by atoms with Crippen LogP contribution in [0.1, 0.15) is 45.3 Å². The van der Waals surface area contributed by atoms with E-state index in [1.807, 2.05) is 27.7 Å². The smallest absolute Gasteiger partial charge is 0.409 e. The number of carbonyl (C=O) groups is 1. The number of nitrogens with zero attached hydrogens (tertiary/aromatic N) is 5. The number of guanidine groups is 1. The fraction of sp³-hybridized carbons (Fsp3) is 0.765. The third-order valence-electron chi connectivity index (χ3n) is 4.03. The topological polar surface area (TPSA) is 96.1 Å². The van der Waals surface area contributed by atoms with Crippen LogP contribution >= 0.6 is 24.0 Å². The van der Waals surface area contributed by atoms with Crippen molar-refractivity contribution in [2.45, 2.75) is 40.0 Å². The van der Waals surface area contributed by atoms with Crippen LogP contribution in [0.3, 0.4) is 0 Å². The summed E-state index contributed by atoms with van der Waals surface area (Å²) in [6.07, 6.45) is 0.364. The zero-order chi connectivity index (χ0) is 18.9. The molecule has 1 aliphatic heterocycles. The minimum atomic E-state index is -0.244. The first-order valence-corrected chi connectivity index (χ1v) is 9.32. The van der Waals surface area contributed by atoms with Gasteiger partial charge in [0.1, 0.15) is 0 Å². The molecular weight excluding hydrogens is 463 g/mol. The van der Waals surface area contributed by atoms with Gasteiger partial charge in [0.05, 0.1) is 13.2 Å². The van der Waals surface area contributed by atoms with E-state index in [-0.39, 0.29) is 36.0 Å². The number of carbonyl (C=O) groups excluding carboxylic acids is 1. The quantitative estimate of drug-likeness (QED) is 0.368. The molecule has 0 unspecified atom stereocenters. The molecule has 154 valence electrons. The Balaban J connectivity index is 0.00000364. The highest BCUT2D eigenvalue weighted by molar-refractivity contribution is 14.0. The van der Waals surface area contributed by atoms with E-state index in [4.69, 9.17) is 9.26 Å². The summed E-state index contributed by atoms with van der Waals surface area (Å²) in [4.78, 5) is 24.7. The summed E-state index contributed by atoms with van der Waals surface area (Å²) in [6.45, 7) is 12.4. The Labute approximate surface area is 177 Å². The van der Waals surface area contributed by atoms with Crippen molar-refractivity contribution in [2.24, 2.45) is 4.99 Å². The Hall–Kier alpha value is -1.59.